The number of carbonyl (C=O) groups is 1. The summed E-state index contributed by atoms with van der Waals surface area (Å²) in [6, 6.07) is 17.5. The molecular weight excluding hydrogens is 356 g/mol. The van der Waals surface area contributed by atoms with Crippen LogP contribution in [0, 0.1) is 0 Å². The second kappa shape index (κ2) is 7.02. The molecule has 0 fully saturated rings. The van der Waals surface area contributed by atoms with Crippen molar-refractivity contribution in [1.82, 2.24) is 0 Å². The van der Waals surface area contributed by atoms with Gasteiger partial charge in [0.2, 0.25) is 5.78 Å². The fourth-order valence-corrected chi connectivity index (χ4v) is 4.01. The molecule has 1 atom stereocenters. The number of rotatable bonds is 4. The Morgan fingerprint density at radius 3 is 1.82 bits per heavy atom. The molecule has 0 saturated carbocycles. The van der Waals surface area contributed by atoms with E-state index in [0.717, 1.165) is 11.3 Å². The van der Waals surface area contributed by atoms with Gasteiger partial charge in [0.05, 0.1) is 24.3 Å². The molecule has 0 bridgehead atoms. The van der Waals surface area contributed by atoms with E-state index in [1.54, 1.807) is 26.4 Å². The molecular formula is C23H20O5. The van der Waals surface area contributed by atoms with Crippen molar-refractivity contribution in [2.24, 2.45) is 0 Å². The number of ether oxygens (including phenoxy) is 2. The predicted molar refractivity (Wildman–Crippen MR) is 104 cm³/mol. The minimum atomic E-state index is -0.430. The van der Waals surface area contributed by atoms with Crippen LogP contribution < -0.4 is 4.74 Å². The Bertz CT molecular complexity index is 984. The average molecular weight is 376 g/mol. The maximum Gasteiger partial charge on any atom is 0.201 e. The van der Waals surface area contributed by atoms with Crippen molar-refractivity contribution in [2.45, 2.75) is 12.0 Å². The predicted octanol–water partition coefficient (Wildman–Crippen LogP) is 4.17. The zero-order valence-corrected chi connectivity index (χ0v) is 15.5. The highest BCUT2D eigenvalue weighted by molar-refractivity contribution is 6.16. The van der Waals surface area contributed by atoms with Gasteiger partial charge in [-0.15, -0.1) is 0 Å². The van der Waals surface area contributed by atoms with Gasteiger partial charge in [-0.1, -0.05) is 36.4 Å². The van der Waals surface area contributed by atoms with Gasteiger partial charge in [-0.3, -0.25) is 4.79 Å². The molecule has 2 N–H and O–H groups in total. The van der Waals surface area contributed by atoms with Crippen LogP contribution in [0.2, 0.25) is 0 Å². The minimum Gasteiger partial charge on any atom is -0.507 e. The normalized spacial score (nSPS) is 14.3. The first-order valence-corrected chi connectivity index (χ1v) is 8.92. The van der Waals surface area contributed by atoms with Crippen LogP contribution in [0.15, 0.2) is 60.7 Å². The Hall–Kier alpha value is -3.31. The highest BCUT2D eigenvalue weighted by Gasteiger charge is 2.39. The van der Waals surface area contributed by atoms with Crippen molar-refractivity contribution in [2.75, 3.05) is 14.2 Å². The zero-order valence-electron chi connectivity index (χ0n) is 15.5. The lowest BCUT2D eigenvalue weighted by atomic mass is 9.73. The number of ketones is 1. The van der Waals surface area contributed by atoms with E-state index in [2.05, 4.69) is 0 Å². The Kier molecular flexibility index (Phi) is 4.53. The maximum absolute atomic E-state index is 13.0. The summed E-state index contributed by atoms with van der Waals surface area (Å²) < 4.78 is 11.1. The van der Waals surface area contributed by atoms with Crippen molar-refractivity contribution in [1.29, 1.82) is 0 Å². The number of aromatic hydroxyl groups is 2. The molecule has 0 aromatic heterocycles. The molecule has 0 spiro atoms. The van der Waals surface area contributed by atoms with E-state index in [1.165, 1.54) is 12.1 Å². The molecule has 142 valence electrons. The lowest BCUT2D eigenvalue weighted by molar-refractivity contribution is 0.0856. The van der Waals surface area contributed by atoms with Gasteiger partial charge < -0.3 is 19.7 Å². The van der Waals surface area contributed by atoms with Crippen molar-refractivity contribution < 1.29 is 24.5 Å². The molecule has 5 nitrogen and oxygen atoms in total. The van der Waals surface area contributed by atoms with Crippen molar-refractivity contribution in [3.05, 3.63) is 88.5 Å². The van der Waals surface area contributed by atoms with E-state index in [9.17, 15) is 15.0 Å². The summed E-state index contributed by atoms with van der Waals surface area (Å²) in [5.41, 5.74) is 2.65. The minimum absolute atomic E-state index is 0.106. The summed E-state index contributed by atoms with van der Waals surface area (Å²) in [7, 11) is 3.21. The van der Waals surface area contributed by atoms with Crippen LogP contribution in [0.1, 0.15) is 44.6 Å². The number of fused-ring (bicyclic) bond motifs is 2. The summed E-state index contributed by atoms with van der Waals surface area (Å²) in [5, 5.41) is 20.8. The van der Waals surface area contributed by atoms with Crippen LogP contribution >= 0.6 is 0 Å². The fourth-order valence-electron chi connectivity index (χ4n) is 4.01. The lowest BCUT2D eigenvalue weighted by Gasteiger charge is -2.33. The Morgan fingerprint density at radius 2 is 1.36 bits per heavy atom. The molecule has 0 amide bonds. The number of benzene rings is 3. The van der Waals surface area contributed by atoms with Gasteiger partial charge in [0, 0.05) is 13.0 Å². The summed E-state index contributed by atoms with van der Waals surface area (Å²) in [6.07, 6.45) is -0.430. The third-order valence-corrected chi connectivity index (χ3v) is 5.27. The largest absolute Gasteiger partial charge is 0.507 e. The summed E-state index contributed by atoms with van der Waals surface area (Å²) in [6.45, 7) is 0. The fraction of sp³-hybridized carbons (Fsp3) is 0.174. The number of hydrogen-bond donors (Lipinski definition) is 2. The molecule has 3 aromatic carbocycles. The maximum atomic E-state index is 13.0. The highest BCUT2D eigenvalue weighted by Crippen LogP contribution is 2.49. The highest BCUT2D eigenvalue weighted by atomic mass is 16.5. The molecule has 28 heavy (non-hydrogen) atoms. The smallest absolute Gasteiger partial charge is 0.201 e. The Morgan fingerprint density at radius 1 is 0.821 bits per heavy atom. The van der Waals surface area contributed by atoms with Crippen LogP contribution in [-0.4, -0.2) is 30.2 Å². The third kappa shape index (κ3) is 2.72. The van der Waals surface area contributed by atoms with E-state index in [0.29, 0.717) is 11.1 Å². The molecule has 4 rings (SSSR count). The second-order valence-corrected chi connectivity index (χ2v) is 6.72. The van der Waals surface area contributed by atoms with E-state index in [1.807, 2.05) is 36.4 Å². The van der Waals surface area contributed by atoms with Crippen molar-refractivity contribution >= 4 is 5.78 Å². The first kappa shape index (κ1) is 18.1. The van der Waals surface area contributed by atoms with E-state index >= 15 is 0 Å². The molecule has 1 aliphatic carbocycles. The van der Waals surface area contributed by atoms with Gasteiger partial charge in [0.15, 0.2) is 0 Å². The number of methoxy groups -OCH3 is 2. The van der Waals surface area contributed by atoms with Gasteiger partial charge in [-0.25, -0.2) is 0 Å². The van der Waals surface area contributed by atoms with Crippen LogP contribution in [0.4, 0.5) is 0 Å². The number of hydrogen-bond acceptors (Lipinski definition) is 5. The number of carbonyl (C=O) groups excluding carboxylic acids is 1. The quantitative estimate of drug-likeness (QED) is 0.715. The molecule has 1 unspecified atom stereocenters. The first-order chi connectivity index (χ1) is 13.6. The Balaban J connectivity index is 1.95. The topological polar surface area (TPSA) is 76.0 Å². The van der Waals surface area contributed by atoms with Crippen LogP contribution in [0.5, 0.6) is 17.2 Å². The average Bonchev–Trinajstić information content (AvgIpc) is 2.71. The van der Waals surface area contributed by atoms with Gasteiger partial charge in [0.25, 0.3) is 0 Å². The van der Waals surface area contributed by atoms with Crippen LogP contribution in [0.3, 0.4) is 0 Å². The SMILES string of the molecule is COc1ccc(C(OC)C2c3cccc(O)c3C(=O)c3c(O)cccc32)cc1. The third-order valence-electron chi connectivity index (χ3n) is 5.27. The number of phenolic OH excluding ortho intramolecular Hbond substituents is 2. The van der Waals surface area contributed by atoms with Gasteiger partial charge in [-0.05, 0) is 41.0 Å². The Labute approximate surface area is 162 Å². The second-order valence-electron chi connectivity index (χ2n) is 6.72. The van der Waals surface area contributed by atoms with Gasteiger partial charge in [0.1, 0.15) is 17.2 Å². The standard InChI is InChI=1S/C23H20O5/c1-27-14-11-9-13(10-12-14)23(28-2)19-15-5-3-7-17(24)20(15)22(26)21-16(19)6-4-8-18(21)25/h3-12,19,23-25H,1-2H3. The molecule has 0 aliphatic heterocycles. The molecule has 1 aliphatic rings. The molecule has 5 heteroatoms. The van der Waals surface area contributed by atoms with E-state index < -0.39 is 6.10 Å². The van der Waals surface area contributed by atoms with E-state index in [-0.39, 0.29) is 34.3 Å². The molecule has 0 heterocycles. The lowest BCUT2D eigenvalue weighted by Crippen LogP contribution is -2.25. The summed E-state index contributed by atoms with van der Waals surface area (Å²) in [5.74, 6) is -0.243. The van der Waals surface area contributed by atoms with Gasteiger partial charge in [-0.2, -0.15) is 0 Å². The summed E-state index contributed by atoms with van der Waals surface area (Å²) in [4.78, 5) is 13.0. The molecule has 0 radical (unpaired) electrons. The zero-order chi connectivity index (χ0) is 19.8. The first-order valence-electron chi connectivity index (χ1n) is 8.92. The van der Waals surface area contributed by atoms with Crippen molar-refractivity contribution in [3.63, 3.8) is 0 Å². The van der Waals surface area contributed by atoms with Gasteiger partial charge >= 0.3 is 0 Å². The monoisotopic (exact) mass is 376 g/mol. The van der Waals surface area contributed by atoms with Crippen LogP contribution in [-0.2, 0) is 4.74 Å². The number of phenols is 2. The van der Waals surface area contributed by atoms with Crippen molar-refractivity contribution in [3.8, 4) is 17.2 Å². The molecule has 0 saturated heterocycles. The molecule has 3 aromatic rings. The summed E-state index contributed by atoms with van der Waals surface area (Å²) >= 11 is 0. The van der Waals surface area contributed by atoms with Crippen LogP contribution in [0.25, 0.3) is 0 Å². The van der Waals surface area contributed by atoms with E-state index in [4.69, 9.17) is 9.47 Å².